The predicted molar refractivity (Wildman–Crippen MR) is 108 cm³/mol. The molecule has 2 heterocycles. The zero-order valence-electron chi connectivity index (χ0n) is 16.6. The lowest BCUT2D eigenvalue weighted by molar-refractivity contribution is -0.129. The summed E-state index contributed by atoms with van der Waals surface area (Å²) in [6.07, 6.45) is 1.52. The van der Waals surface area contributed by atoms with E-state index in [2.05, 4.69) is 15.2 Å². The molecule has 3 rings (SSSR count). The number of nitrogens with zero attached hydrogens (tertiary/aromatic N) is 6. The molecule has 0 radical (unpaired) electrons. The molecule has 0 aliphatic carbocycles. The number of amides is 2. The highest BCUT2D eigenvalue weighted by molar-refractivity contribution is 6.32. The third-order valence-corrected chi connectivity index (χ3v) is 5.03. The quantitative estimate of drug-likeness (QED) is 0.660. The molecular formula is C19H25ClN6O3. The topological polar surface area (TPSA) is 83.8 Å². The second-order valence-electron chi connectivity index (χ2n) is 7.00. The lowest BCUT2D eigenvalue weighted by atomic mass is 10.3. The van der Waals surface area contributed by atoms with Crippen molar-refractivity contribution in [3.63, 3.8) is 0 Å². The van der Waals surface area contributed by atoms with Gasteiger partial charge in [-0.1, -0.05) is 28.9 Å². The number of carbonyl (C=O) groups excluding carboxylic acids is 2. The summed E-state index contributed by atoms with van der Waals surface area (Å²) in [5, 5.41) is 8.40. The summed E-state index contributed by atoms with van der Waals surface area (Å²) >= 11 is 6.09. The molecule has 0 unspecified atom stereocenters. The van der Waals surface area contributed by atoms with E-state index in [1.165, 1.54) is 15.8 Å². The lowest BCUT2D eigenvalue weighted by Gasteiger charge is -2.34. The molecule has 0 saturated carbocycles. The fraction of sp³-hybridized carbons (Fsp3) is 0.474. The molecule has 156 valence electrons. The zero-order valence-corrected chi connectivity index (χ0v) is 17.4. The fourth-order valence-corrected chi connectivity index (χ4v) is 3.13. The van der Waals surface area contributed by atoms with Crippen LogP contribution in [0.2, 0.25) is 5.02 Å². The largest absolute Gasteiger partial charge is 0.491 e. The maximum Gasteiger partial charge on any atom is 0.276 e. The Morgan fingerprint density at radius 1 is 1.17 bits per heavy atom. The Morgan fingerprint density at radius 2 is 1.90 bits per heavy atom. The number of para-hydroxylation sites is 1. The van der Waals surface area contributed by atoms with E-state index in [1.54, 1.807) is 25.1 Å². The molecule has 1 saturated heterocycles. The Hall–Kier alpha value is -2.65. The molecule has 1 fully saturated rings. The van der Waals surface area contributed by atoms with E-state index in [0.29, 0.717) is 30.5 Å². The van der Waals surface area contributed by atoms with Crippen LogP contribution in [-0.2, 0) is 11.3 Å². The number of piperazine rings is 1. The van der Waals surface area contributed by atoms with Gasteiger partial charge in [0.2, 0.25) is 5.91 Å². The first kappa shape index (κ1) is 21.1. The number of hydrogen-bond acceptors (Lipinski definition) is 6. The van der Waals surface area contributed by atoms with Gasteiger partial charge in [-0.25, -0.2) is 4.68 Å². The Bertz CT molecular complexity index is 848. The third kappa shape index (κ3) is 5.68. The molecule has 1 aliphatic rings. The van der Waals surface area contributed by atoms with Crippen LogP contribution >= 0.6 is 11.6 Å². The van der Waals surface area contributed by atoms with Gasteiger partial charge >= 0.3 is 0 Å². The zero-order chi connectivity index (χ0) is 20.8. The predicted octanol–water partition coefficient (Wildman–Crippen LogP) is 0.857. The molecule has 0 atom stereocenters. The van der Waals surface area contributed by atoms with Gasteiger partial charge in [-0.3, -0.25) is 14.5 Å². The standard InChI is InChI=1S/C19H25ClN6O3/c1-23(2)18(27)14-26-13-16(21-22-26)19(28)25-9-7-24(8-10-25)11-12-29-17-6-4-3-5-15(17)20/h3-6,13H,7-12,14H2,1-2H3. The highest BCUT2D eigenvalue weighted by atomic mass is 35.5. The number of rotatable bonds is 7. The van der Waals surface area contributed by atoms with Crippen LogP contribution in [0.1, 0.15) is 10.5 Å². The second kappa shape index (κ2) is 9.71. The first-order valence-electron chi connectivity index (χ1n) is 9.43. The lowest BCUT2D eigenvalue weighted by Crippen LogP contribution is -2.49. The molecule has 1 aromatic heterocycles. The van der Waals surface area contributed by atoms with Crippen molar-refractivity contribution in [1.82, 2.24) is 29.7 Å². The van der Waals surface area contributed by atoms with Gasteiger partial charge in [0.25, 0.3) is 5.91 Å². The second-order valence-corrected chi connectivity index (χ2v) is 7.41. The summed E-state index contributed by atoms with van der Waals surface area (Å²) in [6, 6.07) is 7.40. The van der Waals surface area contributed by atoms with Crippen LogP contribution in [0.3, 0.4) is 0 Å². The van der Waals surface area contributed by atoms with E-state index in [0.717, 1.165) is 19.6 Å². The van der Waals surface area contributed by atoms with Gasteiger partial charge in [-0.2, -0.15) is 0 Å². The molecule has 2 amide bonds. The van der Waals surface area contributed by atoms with Gasteiger partial charge in [0.05, 0.1) is 11.2 Å². The van der Waals surface area contributed by atoms with Gasteiger partial charge in [-0.15, -0.1) is 5.10 Å². The van der Waals surface area contributed by atoms with E-state index >= 15 is 0 Å². The maximum atomic E-state index is 12.6. The van der Waals surface area contributed by atoms with Crippen molar-refractivity contribution >= 4 is 23.4 Å². The number of carbonyl (C=O) groups is 2. The molecule has 0 N–H and O–H groups in total. The van der Waals surface area contributed by atoms with E-state index in [9.17, 15) is 9.59 Å². The number of benzene rings is 1. The maximum absolute atomic E-state index is 12.6. The summed E-state index contributed by atoms with van der Waals surface area (Å²) in [4.78, 5) is 29.8. The van der Waals surface area contributed by atoms with Crippen molar-refractivity contribution in [2.24, 2.45) is 0 Å². The van der Waals surface area contributed by atoms with Gasteiger partial charge in [0.1, 0.15) is 18.9 Å². The minimum Gasteiger partial charge on any atom is -0.491 e. The van der Waals surface area contributed by atoms with Gasteiger partial charge in [-0.05, 0) is 12.1 Å². The average Bonchev–Trinajstić information content (AvgIpc) is 3.18. The van der Waals surface area contributed by atoms with Crippen LogP contribution in [0.5, 0.6) is 5.75 Å². The summed E-state index contributed by atoms with van der Waals surface area (Å²) < 4.78 is 7.11. The summed E-state index contributed by atoms with van der Waals surface area (Å²) in [5.74, 6) is 0.404. The molecule has 1 aromatic carbocycles. The van der Waals surface area contributed by atoms with E-state index in [-0.39, 0.29) is 24.1 Å². The number of halogens is 1. The van der Waals surface area contributed by atoms with E-state index in [1.807, 2.05) is 18.2 Å². The SMILES string of the molecule is CN(C)C(=O)Cn1cc(C(=O)N2CCN(CCOc3ccccc3Cl)CC2)nn1. The minimum atomic E-state index is -0.166. The molecule has 9 nitrogen and oxygen atoms in total. The molecule has 1 aliphatic heterocycles. The van der Waals surface area contributed by atoms with Crippen molar-refractivity contribution in [2.75, 3.05) is 53.4 Å². The molecule has 10 heteroatoms. The molecular weight excluding hydrogens is 396 g/mol. The highest BCUT2D eigenvalue weighted by Crippen LogP contribution is 2.22. The van der Waals surface area contributed by atoms with Crippen molar-refractivity contribution in [3.8, 4) is 5.75 Å². The number of likely N-dealkylation sites (N-methyl/N-ethyl adjacent to an activating group) is 1. The Kier molecular flexibility index (Phi) is 7.05. The van der Waals surface area contributed by atoms with Crippen LogP contribution < -0.4 is 4.74 Å². The van der Waals surface area contributed by atoms with Gasteiger partial charge in [0.15, 0.2) is 5.69 Å². The smallest absolute Gasteiger partial charge is 0.276 e. The fourth-order valence-electron chi connectivity index (χ4n) is 2.94. The third-order valence-electron chi connectivity index (χ3n) is 4.72. The minimum absolute atomic E-state index is 0.0620. The van der Waals surface area contributed by atoms with Crippen molar-refractivity contribution in [2.45, 2.75) is 6.54 Å². The van der Waals surface area contributed by atoms with E-state index < -0.39 is 0 Å². The number of hydrogen-bond donors (Lipinski definition) is 0. The molecule has 2 aromatic rings. The monoisotopic (exact) mass is 420 g/mol. The molecule has 0 bridgehead atoms. The summed E-state index contributed by atoms with van der Waals surface area (Å²) in [5.41, 5.74) is 0.257. The van der Waals surface area contributed by atoms with Crippen LogP contribution in [0.25, 0.3) is 0 Å². The van der Waals surface area contributed by atoms with Crippen molar-refractivity contribution < 1.29 is 14.3 Å². The van der Waals surface area contributed by atoms with Crippen molar-refractivity contribution in [1.29, 1.82) is 0 Å². The average molecular weight is 421 g/mol. The van der Waals surface area contributed by atoms with Crippen molar-refractivity contribution in [3.05, 3.63) is 41.2 Å². The normalized spacial score (nSPS) is 14.7. The summed E-state index contributed by atoms with van der Waals surface area (Å²) in [6.45, 7) is 4.08. The van der Waals surface area contributed by atoms with Crippen LogP contribution in [-0.4, -0.2) is 94.9 Å². The van der Waals surface area contributed by atoms with Gasteiger partial charge in [0, 0.05) is 46.8 Å². The van der Waals surface area contributed by atoms with Gasteiger partial charge < -0.3 is 14.5 Å². The van der Waals surface area contributed by atoms with Crippen LogP contribution in [0.4, 0.5) is 0 Å². The Morgan fingerprint density at radius 3 is 2.59 bits per heavy atom. The number of aromatic nitrogens is 3. The van der Waals surface area contributed by atoms with Crippen LogP contribution in [0.15, 0.2) is 30.5 Å². The van der Waals surface area contributed by atoms with E-state index in [4.69, 9.17) is 16.3 Å². The first-order valence-corrected chi connectivity index (χ1v) is 9.81. The van der Waals surface area contributed by atoms with Crippen LogP contribution in [0, 0.1) is 0 Å². The molecule has 0 spiro atoms. The Balaban J connectivity index is 1.43. The molecule has 29 heavy (non-hydrogen) atoms. The highest BCUT2D eigenvalue weighted by Gasteiger charge is 2.24. The number of ether oxygens (including phenoxy) is 1. The first-order chi connectivity index (χ1) is 13.9. The Labute approximate surface area is 174 Å². The summed E-state index contributed by atoms with van der Waals surface area (Å²) in [7, 11) is 3.34.